The van der Waals surface area contributed by atoms with Gasteiger partial charge in [-0.1, -0.05) is 286 Å². The number of nitrogens with one attached hydrogen (secondary N) is 1. The zero-order valence-electron chi connectivity index (χ0n) is 54.4. The number of rotatable bonds is 62. The molecule has 1 amide bonds. The van der Waals surface area contributed by atoms with Gasteiger partial charge in [-0.05, 0) is 89.9 Å². The Morgan fingerprint density at radius 1 is 0.440 bits per heavy atom. The molecule has 0 aliphatic carbocycles. The third-order valence-electron chi connectivity index (χ3n) is 16.6. The molecule has 0 aromatic heterocycles. The summed E-state index contributed by atoms with van der Waals surface area (Å²) in [5.74, 6) is -0.190. The van der Waals surface area contributed by atoms with Crippen LogP contribution in [0.5, 0.6) is 0 Å². The van der Waals surface area contributed by atoms with Crippen molar-refractivity contribution in [3.05, 3.63) is 60.8 Å². The summed E-state index contributed by atoms with van der Waals surface area (Å²) in [6.45, 7) is 4.29. The van der Waals surface area contributed by atoms with Crippen LogP contribution in [0, 0.1) is 0 Å². The molecule has 0 bridgehead atoms. The molecule has 0 saturated carbocycles. The Kier molecular flexibility index (Phi) is 58.6. The highest BCUT2D eigenvalue weighted by Gasteiger charge is 2.44. The first-order valence-corrected chi connectivity index (χ1v) is 35.6. The van der Waals surface area contributed by atoms with E-state index in [4.69, 9.17) is 14.2 Å². The first kappa shape index (κ1) is 79.4. The summed E-state index contributed by atoms with van der Waals surface area (Å²) >= 11 is 0. The van der Waals surface area contributed by atoms with Crippen LogP contribution >= 0.6 is 0 Å². The number of ether oxygens (including phenoxy) is 3. The van der Waals surface area contributed by atoms with Crippen molar-refractivity contribution in [3.8, 4) is 0 Å². The summed E-state index contributed by atoms with van der Waals surface area (Å²) in [4.78, 5) is 25.1. The van der Waals surface area contributed by atoms with E-state index in [-0.39, 0.29) is 18.5 Å². The van der Waals surface area contributed by atoms with Gasteiger partial charge >= 0.3 is 5.97 Å². The van der Waals surface area contributed by atoms with Crippen molar-refractivity contribution in [1.29, 1.82) is 0 Å². The summed E-state index contributed by atoms with van der Waals surface area (Å²) in [5.41, 5.74) is 0. The third-order valence-corrected chi connectivity index (χ3v) is 16.6. The first-order chi connectivity index (χ1) is 41.2. The quantitative estimate of drug-likeness (QED) is 0.0195. The van der Waals surface area contributed by atoms with Crippen LogP contribution in [0.4, 0.5) is 0 Å². The number of unbranched alkanes of at least 4 members (excludes halogenated alkanes) is 40. The molecule has 1 aliphatic heterocycles. The highest BCUT2D eigenvalue weighted by Crippen LogP contribution is 2.23. The normalized spacial score (nSPS) is 18.4. The molecule has 0 aromatic rings. The zero-order chi connectivity index (χ0) is 60.9. The van der Waals surface area contributed by atoms with Crippen LogP contribution in [-0.2, 0) is 23.8 Å². The lowest BCUT2D eigenvalue weighted by Gasteiger charge is -2.40. The van der Waals surface area contributed by atoms with Crippen LogP contribution in [0.2, 0.25) is 0 Å². The molecule has 0 spiro atoms. The van der Waals surface area contributed by atoms with E-state index < -0.39 is 49.5 Å². The molecule has 1 rings (SSSR count). The van der Waals surface area contributed by atoms with Gasteiger partial charge in [-0.25, -0.2) is 0 Å². The van der Waals surface area contributed by atoms with E-state index in [1.165, 1.54) is 231 Å². The number of allylic oxidation sites excluding steroid dienone is 9. The highest BCUT2D eigenvalue weighted by molar-refractivity contribution is 5.76. The summed E-state index contributed by atoms with van der Waals surface area (Å²) in [6.07, 6.45) is 72.3. The minimum atomic E-state index is -1.57. The summed E-state index contributed by atoms with van der Waals surface area (Å²) < 4.78 is 16.7. The van der Waals surface area contributed by atoms with Crippen molar-refractivity contribution in [2.24, 2.45) is 0 Å². The smallest absolute Gasteiger partial charge is 0.305 e. The lowest BCUT2D eigenvalue weighted by Crippen LogP contribution is -2.60. The topological polar surface area (TPSA) is 175 Å². The van der Waals surface area contributed by atoms with Crippen LogP contribution in [0.1, 0.15) is 328 Å². The Hall–Kier alpha value is -2.64. The molecule has 84 heavy (non-hydrogen) atoms. The molecule has 0 radical (unpaired) electrons. The van der Waals surface area contributed by atoms with Gasteiger partial charge in [0, 0.05) is 12.8 Å². The van der Waals surface area contributed by atoms with Gasteiger partial charge in [0.25, 0.3) is 0 Å². The predicted octanol–water partition coefficient (Wildman–Crippen LogP) is 18.1. The summed E-state index contributed by atoms with van der Waals surface area (Å²) in [5, 5.41) is 54.3. The number of aliphatic hydroxyl groups is 5. The second-order valence-corrected chi connectivity index (χ2v) is 24.6. The van der Waals surface area contributed by atoms with Gasteiger partial charge in [0.05, 0.1) is 32.0 Å². The second-order valence-electron chi connectivity index (χ2n) is 24.6. The molecule has 7 atom stereocenters. The Balaban J connectivity index is 1.92. The van der Waals surface area contributed by atoms with E-state index in [1.807, 2.05) is 6.08 Å². The highest BCUT2D eigenvalue weighted by atomic mass is 16.7. The number of aliphatic hydroxyl groups excluding tert-OH is 5. The molecule has 1 fully saturated rings. The van der Waals surface area contributed by atoms with E-state index in [1.54, 1.807) is 6.08 Å². The van der Waals surface area contributed by atoms with Crippen molar-refractivity contribution in [3.63, 3.8) is 0 Å². The number of hydrogen-bond acceptors (Lipinski definition) is 10. The van der Waals surface area contributed by atoms with E-state index in [2.05, 4.69) is 67.8 Å². The molecule has 0 aromatic carbocycles. The SMILES string of the molecule is CCCC/C=C\C/C=C\CCCCCCCC(=O)OCCCCCCCCCCC/C=C\C/C=C\CCCCCCCCCCCCCCCCCCCC(=O)NC(COC1OC(CO)C(O)C(O)C1O)C(O)/C=C/CCCCCCCCC. The molecular formula is C73H133NO10. The molecule has 6 N–H and O–H groups in total. The van der Waals surface area contributed by atoms with Crippen LogP contribution in [0.3, 0.4) is 0 Å². The molecule has 1 heterocycles. The van der Waals surface area contributed by atoms with Crippen molar-refractivity contribution < 1.29 is 49.3 Å². The molecule has 7 unspecified atom stereocenters. The van der Waals surface area contributed by atoms with Crippen molar-refractivity contribution in [2.75, 3.05) is 19.8 Å². The van der Waals surface area contributed by atoms with Gasteiger partial charge in [-0.2, -0.15) is 0 Å². The maximum absolute atomic E-state index is 13.0. The van der Waals surface area contributed by atoms with Crippen molar-refractivity contribution >= 4 is 11.9 Å². The number of carbonyl (C=O) groups is 2. The van der Waals surface area contributed by atoms with Crippen LogP contribution in [0.25, 0.3) is 0 Å². The van der Waals surface area contributed by atoms with Crippen LogP contribution < -0.4 is 5.32 Å². The van der Waals surface area contributed by atoms with Crippen molar-refractivity contribution in [1.82, 2.24) is 5.32 Å². The fourth-order valence-corrected chi connectivity index (χ4v) is 11.0. The Morgan fingerprint density at radius 2 is 0.810 bits per heavy atom. The standard InChI is InChI=1S/C73H133NO10/c1-3-5-7-9-11-13-14-15-38-41-45-49-53-57-61-69(78)82-62-58-54-50-46-42-39-36-34-32-30-28-26-24-22-20-18-16-17-19-21-23-25-27-29-31-33-35-37-40-44-48-52-56-60-68(77)74-65(66(76)59-55-51-47-43-12-10-8-6-4-2)64-83-73-72(81)71(80)70(79)67(63-75)84-73/h9,11,14-15,20,22,26,28,55,59,65-67,70-73,75-76,79-81H,3-8,10,12-13,16-19,21,23-25,27,29-54,56-58,60-64H2,1-2H3,(H,74,77)/b11-9-,15-14-,22-20-,28-26-,59-55+. The van der Waals surface area contributed by atoms with Gasteiger partial charge in [0.1, 0.15) is 24.4 Å². The maximum atomic E-state index is 13.0. The molecule has 1 saturated heterocycles. The van der Waals surface area contributed by atoms with E-state index in [9.17, 15) is 35.1 Å². The van der Waals surface area contributed by atoms with Gasteiger partial charge < -0.3 is 45.1 Å². The third kappa shape index (κ3) is 50.4. The molecule has 11 nitrogen and oxygen atoms in total. The fourth-order valence-electron chi connectivity index (χ4n) is 11.0. The summed E-state index contributed by atoms with van der Waals surface area (Å²) in [6, 6.07) is -0.808. The van der Waals surface area contributed by atoms with Gasteiger partial charge in [0.15, 0.2) is 6.29 Å². The average Bonchev–Trinajstić information content (AvgIpc) is 3.70. The molecule has 11 heteroatoms. The molecule has 1 aliphatic rings. The van der Waals surface area contributed by atoms with Crippen molar-refractivity contribution in [2.45, 2.75) is 371 Å². The lowest BCUT2D eigenvalue weighted by molar-refractivity contribution is -0.302. The average molecular weight is 1180 g/mol. The Bertz CT molecular complexity index is 1580. The lowest BCUT2D eigenvalue weighted by atomic mass is 9.99. The Morgan fingerprint density at radius 3 is 1.24 bits per heavy atom. The van der Waals surface area contributed by atoms with E-state index >= 15 is 0 Å². The number of amides is 1. The fraction of sp³-hybridized carbons (Fsp3) is 0.836. The van der Waals surface area contributed by atoms with Crippen LogP contribution in [-0.4, -0.2) is 100 Å². The minimum absolute atomic E-state index is 0.00812. The number of hydrogen-bond donors (Lipinski definition) is 6. The Labute approximate surface area is 516 Å². The number of esters is 1. The van der Waals surface area contributed by atoms with Crippen LogP contribution in [0.15, 0.2) is 60.8 Å². The predicted molar refractivity (Wildman–Crippen MR) is 352 cm³/mol. The first-order valence-electron chi connectivity index (χ1n) is 35.6. The maximum Gasteiger partial charge on any atom is 0.305 e. The second kappa shape index (κ2) is 62.0. The number of carbonyl (C=O) groups excluding carboxylic acids is 2. The minimum Gasteiger partial charge on any atom is -0.466 e. The molecular weight excluding hydrogens is 1050 g/mol. The van der Waals surface area contributed by atoms with Gasteiger partial charge in [-0.3, -0.25) is 9.59 Å². The van der Waals surface area contributed by atoms with Gasteiger partial charge in [-0.15, -0.1) is 0 Å². The largest absolute Gasteiger partial charge is 0.466 e. The monoisotopic (exact) mass is 1180 g/mol. The molecule has 490 valence electrons. The summed E-state index contributed by atoms with van der Waals surface area (Å²) in [7, 11) is 0. The zero-order valence-corrected chi connectivity index (χ0v) is 54.4. The van der Waals surface area contributed by atoms with Gasteiger partial charge in [0.2, 0.25) is 5.91 Å². The van der Waals surface area contributed by atoms with E-state index in [0.717, 1.165) is 70.6 Å². The van der Waals surface area contributed by atoms with E-state index in [0.29, 0.717) is 19.4 Å².